The van der Waals surface area contributed by atoms with Crippen LogP contribution in [0.15, 0.2) is 0 Å². The lowest BCUT2D eigenvalue weighted by molar-refractivity contribution is -0.140. The fraction of sp³-hybridized carbons (Fsp3) is 0.800. The Labute approximate surface area is 84.2 Å². The number of rotatable bonds is 4. The van der Waals surface area contributed by atoms with E-state index in [0.717, 1.165) is 0 Å². The molecule has 0 radical (unpaired) electrons. The Kier molecular flexibility index (Phi) is 4.07. The average Bonchev–Trinajstić information content (AvgIpc) is 2.08. The molecule has 0 aliphatic carbocycles. The molecule has 0 aromatic rings. The number of carbonyl (C=O) groups is 2. The summed E-state index contributed by atoms with van der Waals surface area (Å²) >= 11 is 0. The topological polar surface area (TPSA) is 46.6 Å². The molecule has 4 heteroatoms. The summed E-state index contributed by atoms with van der Waals surface area (Å²) in [6.07, 6.45) is 0.756. The molecule has 14 heavy (non-hydrogen) atoms. The Morgan fingerprint density at radius 3 is 2.71 bits per heavy atom. The van der Waals surface area contributed by atoms with Crippen molar-refractivity contribution in [3.05, 3.63) is 0 Å². The van der Waals surface area contributed by atoms with Crippen molar-refractivity contribution in [3.8, 4) is 0 Å². The minimum absolute atomic E-state index is 0.0519. The number of hydrogen-bond donors (Lipinski definition) is 0. The second-order valence-corrected chi connectivity index (χ2v) is 3.77. The van der Waals surface area contributed by atoms with Gasteiger partial charge in [-0.15, -0.1) is 0 Å². The van der Waals surface area contributed by atoms with Crippen LogP contribution in [-0.2, 0) is 14.3 Å². The molecule has 1 heterocycles. The molecule has 1 saturated heterocycles. The molecule has 1 amide bonds. The lowest BCUT2D eigenvalue weighted by Gasteiger charge is -2.26. The van der Waals surface area contributed by atoms with Crippen molar-refractivity contribution < 1.29 is 14.3 Å². The maximum absolute atomic E-state index is 11.3. The fourth-order valence-electron chi connectivity index (χ4n) is 1.39. The Balaban J connectivity index is 2.24. The summed E-state index contributed by atoms with van der Waals surface area (Å²) in [7, 11) is 0. The zero-order chi connectivity index (χ0) is 10.6. The van der Waals surface area contributed by atoms with Gasteiger partial charge in [-0.2, -0.15) is 0 Å². The lowest BCUT2D eigenvalue weighted by atomic mass is 10.1. The van der Waals surface area contributed by atoms with E-state index >= 15 is 0 Å². The summed E-state index contributed by atoms with van der Waals surface area (Å²) in [6, 6.07) is 0. The van der Waals surface area contributed by atoms with E-state index in [0.29, 0.717) is 26.1 Å². The molecule has 0 spiro atoms. The summed E-state index contributed by atoms with van der Waals surface area (Å²) in [6.45, 7) is 5.63. The van der Waals surface area contributed by atoms with Crippen molar-refractivity contribution in [1.82, 2.24) is 4.90 Å². The second kappa shape index (κ2) is 5.10. The Hall–Kier alpha value is -0.900. The van der Waals surface area contributed by atoms with Crippen molar-refractivity contribution in [2.75, 3.05) is 19.7 Å². The van der Waals surface area contributed by atoms with Crippen molar-refractivity contribution in [3.63, 3.8) is 0 Å². The molecule has 0 N–H and O–H groups in total. The molecule has 1 fully saturated rings. The molecule has 1 aliphatic heterocycles. The van der Waals surface area contributed by atoms with Crippen LogP contribution in [0.3, 0.4) is 0 Å². The maximum atomic E-state index is 11.3. The van der Waals surface area contributed by atoms with Crippen LogP contribution in [-0.4, -0.2) is 42.4 Å². The number of hydrogen-bond acceptors (Lipinski definition) is 3. The normalized spacial score (nSPS) is 18.1. The van der Waals surface area contributed by atoms with Crippen LogP contribution < -0.4 is 0 Å². The molecule has 0 unspecified atom stereocenters. The number of Topliss-reactive ketones (excluding diaryl/α,β-unsaturated/α-hetero) is 1. The van der Waals surface area contributed by atoms with Crippen LogP contribution in [0.1, 0.15) is 26.7 Å². The van der Waals surface area contributed by atoms with Crippen LogP contribution in [0, 0.1) is 0 Å². The highest BCUT2D eigenvalue weighted by Gasteiger charge is 2.22. The first-order valence-electron chi connectivity index (χ1n) is 5.00. The number of ether oxygens (including phenoxy) is 1. The van der Waals surface area contributed by atoms with Gasteiger partial charge in [-0.25, -0.2) is 0 Å². The highest BCUT2D eigenvalue weighted by atomic mass is 16.5. The summed E-state index contributed by atoms with van der Waals surface area (Å²) < 4.78 is 5.34. The first-order valence-corrected chi connectivity index (χ1v) is 5.00. The van der Waals surface area contributed by atoms with Gasteiger partial charge in [0.15, 0.2) is 0 Å². The van der Waals surface area contributed by atoms with Crippen molar-refractivity contribution >= 4 is 11.7 Å². The minimum atomic E-state index is -0.0615. The third kappa shape index (κ3) is 3.46. The Bertz CT molecular complexity index is 225. The minimum Gasteiger partial charge on any atom is -0.377 e. The van der Waals surface area contributed by atoms with Gasteiger partial charge in [0.1, 0.15) is 5.78 Å². The zero-order valence-electron chi connectivity index (χ0n) is 8.78. The third-order valence-corrected chi connectivity index (χ3v) is 2.17. The van der Waals surface area contributed by atoms with Gasteiger partial charge in [0.2, 0.25) is 5.91 Å². The zero-order valence-corrected chi connectivity index (χ0v) is 8.78. The molecule has 0 atom stereocenters. The largest absolute Gasteiger partial charge is 0.377 e. The van der Waals surface area contributed by atoms with Gasteiger partial charge in [-0.1, -0.05) is 0 Å². The highest BCUT2D eigenvalue weighted by molar-refractivity contribution is 6.00. The van der Waals surface area contributed by atoms with E-state index in [2.05, 4.69) is 0 Å². The first kappa shape index (κ1) is 11.2. The number of ketones is 1. The van der Waals surface area contributed by atoms with E-state index in [4.69, 9.17) is 4.74 Å². The lowest BCUT2D eigenvalue weighted by Crippen LogP contribution is -2.41. The number of nitrogens with zero attached hydrogens (tertiary/aromatic N) is 1. The maximum Gasteiger partial charge on any atom is 0.230 e. The molecule has 80 valence electrons. The molecule has 1 rings (SSSR count). The quantitative estimate of drug-likeness (QED) is 0.623. The van der Waals surface area contributed by atoms with Crippen LogP contribution >= 0.6 is 0 Å². The predicted molar refractivity (Wildman–Crippen MR) is 51.9 cm³/mol. The van der Waals surface area contributed by atoms with Crippen LogP contribution in [0.4, 0.5) is 0 Å². The molecular weight excluding hydrogens is 182 g/mol. The summed E-state index contributed by atoms with van der Waals surface area (Å²) in [4.78, 5) is 24.0. The molecule has 4 nitrogen and oxygen atoms in total. The van der Waals surface area contributed by atoms with Crippen LogP contribution in [0.25, 0.3) is 0 Å². The van der Waals surface area contributed by atoms with E-state index in [-0.39, 0.29) is 24.2 Å². The van der Waals surface area contributed by atoms with Gasteiger partial charge < -0.3 is 9.64 Å². The molecule has 0 aromatic carbocycles. The SMILES string of the molecule is CC(C)OCCN1CCC(=O)CC1=O. The average molecular weight is 199 g/mol. The standard InChI is InChI=1S/C10H17NO3/c1-8(2)14-6-5-11-4-3-9(12)7-10(11)13/h8H,3-7H2,1-2H3. The van der Waals surface area contributed by atoms with Crippen molar-refractivity contribution in [2.24, 2.45) is 0 Å². The molecule has 0 saturated carbocycles. The Morgan fingerprint density at radius 2 is 2.14 bits per heavy atom. The number of piperidine rings is 1. The van der Waals surface area contributed by atoms with Gasteiger partial charge >= 0.3 is 0 Å². The monoisotopic (exact) mass is 199 g/mol. The number of likely N-dealkylation sites (tertiary alicyclic amines) is 1. The predicted octanol–water partition coefficient (Wildman–Crippen LogP) is 0.603. The summed E-state index contributed by atoms with van der Waals surface area (Å²) in [5.41, 5.74) is 0. The summed E-state index contributed by atoms with van der Waals surface area (Å²) in [5, 5.41) is 0. The second-order valence-electron chi connectivity index (χ2n) is 3.77. The van der Waals surface area contributed by atoms with E-state index in [1.54, 1.807) is 4.90 Å². The van der Waals surface area contributed by atoms with E-state index < -0.39 is 0 Å². The van der Waals surface area contributed by atoms with Gasteiger partial charge in [0.25, 0.3) is 0 Å². The molecule has 0 aromatic heterocycles. The Morgan fingerprint density at radius 1 is 1.43 bits per heavy atom. The van der Waals surface area contributed by atoms with Crippen molar-refractivity contribution in [2.45, 2.75) is 32.8 Å². The molecular formula is C10H17NO3. The molecule has 1 aliphatic rings. The number of amides is 1. The van der Waals surface area contributed by atoms with Gasteiger partial charge in [0, 0.05) is 19.5 Å². The van der Waals surface area contributed by atoms with Gasteiger partial charge in [-0.3, -0.25) is 9.59 Å². The fourth-order valence-corrected chi connectivity index (χ4v) is 1.39. The van der Waals surface area contributed by atoms with Crippen LogP contribution in [0.5, 0.6) is 0 Å². The van der Waals surface area contributed by atoms with Gasteiger partial charge in [-0.05, 0) is 13.8 Å². The van der Waals surface area contributed by atoms with Gasteiger partial charge in [0.05, 0.1) is 19.1 Å². The van der Waals surface area contributed by atoms with Crippen LogP contribution in [0.2, 0.25) is 0 Å². The third-order valence-electron chi connectivity index (χ3n) is 2.17. The number of carbonyl (C=O) groups excluding carboxylic acids is 2. The van der Waals surface area contributed by atoms with E-state index in [9.17, 15) is 9.59 Å². The van der Waals surface area contributed by atoms with E-state index in [1.165, 1.54) is 0 Å². The smallest absolute Gasteiger partial charge is 0.230 e. The molecule has 0 bridgehead atoms. The first-order chi connectivity index (χ1) is 6.59. The van der Waals surface area contributed by atoms with Crippen molar-refractivity contribution in [1.29, 1.82) is 0 Å². The highest BCUT2D eigenvalue weighted by Crippen LogP contribution is 2.06. The summed E-state index contributed by atoms with van der Waals surface area (Å²) in [5.74, 6) is -0.00960. The van der Waals surface area contributed by atoms with E-state index in [1.807, 2.05) is 13.8 Å².